The van der Waals surface area contributed by atoms with Gasteiger partial charge in [0.1, 0.15) is 6.04 Å². The van der Waals surface area contributed by atoms with Crippen LogP contribution in [0.15, 0.2) is 30.3 Å². The fourth-order valence-corrected chi connectivity index (χ4v) is 1.47. The average molecular weight is 190 g/mol. The molecular weight excluding hydrogens is 180 g/mol. The van der Waals surface area contributed by atoms with Crippen LogP contribution >= 0.6 is 0 Å². The zero-order valence-corrected chi connectivity index (χ0v) is 7.40. The third kappa shape index (κ3) is 1.31. The first kappa shape index (κ1) is 8.62. The Morgan fingerprint density at radius 1 is 1.43 bits per heavy atom. The predicted octanol–water partition coefficient (Wildman–Crippen LogP) is 0.865. The molecular formula is C10H10N2O2. The van der Waals surface area contributed by atoms with Gasteiger partial charge >= 0.3 is 5.97 Å². The second-order valence-corrected chi connectivity index (χ2v) is 3.13. The minimum Gasteiger partial charge on any atom is -0.479 e. The van der Waals surface area contributed by atoms with Crippen molar-refractivity contribution in [2.45, 2.75) is 6.04 Å². The van der Waals surface area contributed by atoms with Gasteiger partial charge in [-0.25, -0.2) is 4.79 Å². The first-order valence-corrected chi connectivity index (χ1v) is 4.24. The number of rotatable bonds is 1. The molecule has 0 fully saturated rings. The van der Waals surface area contributed by atoms with Gasteiger partial charge in [-0.05, 0) is 12.1 Å². The van der Waals surface area contributed by atoms with Crippen molar-refractivity contribution in [3.8, 4) is 0 Å². The number of carboxylic acids is 1. The first-order valence-electron chi connectivity index (χ1n) is 4.24. The van der Waals surface area contributed by atoms with E-state index in [2.05, 4.69) is 5.32 Å². The van der Waals surface area contributed by atoms with Gasteiger partial charge in [0.05, 0.1) is 0 Å². The summed E-state index contributed by atoms with van der Waals surface area (Å²) in [5.41, 5.74) is 7.85. The molecule has 0 radical (unpaired) electrons. The van der Waals surface area contributed by atoms with Crippen LogP contribution in [0.25, 0.3) is 5.70 Å². The van der Waals surface area contributed by atoms with Crippen LogP contribution in [0.5, 0.6) is 0 Å². The summed E-state index contributed by atoms with van der Waals surface area (Å²) in [6, 6.07) is 6.63. The fourth-order valence-electron chi connectivity index (χ4n) is 1.47. The van der Waals surface area contributed by atoms with Crippen LogP contribution in [-0.4, -0.2) is 17.1 Å². The molecule has 1 atom stereocenters. The summed E-state index contributed by atoms with van der Waals surface area (Å²) >= 11 is 0. The third-order valence-electron chi connectivity index (χ3n) is 2.16. The van der Waals surface area contributed by atoms with E-state index < -0.39 is 12.0 Å². The van der Waals surface area contributed by atoms with Gasteiger partial charge < -0.3 is 16.2 Å². The Morgan fingerprint density at radius 3 is 2.86 bits per heavy atom. The fraction of sp³-hybridized carbons (Fsp3) is 0.100. The van der Waals surface area contributed by atoms with E-state index in [9.17, 15) is 4.79 Å². The second kappa shape index (κ2) is 3.06. The zero-order valence-electron chi connectivity index (χ0n) is 7.40. The SMILES string of the molecule is NC1=CC(C(=O)O)Nc2ccccc21. The molecule has 1 aromatic carbocycles. The Labute approximate surface area is 81.0 Å². The first-order chi connectivity index (χ1) is 6.68. The van der Waals surface area contributed by atoms with Gasteiger partial charge in [0.2, 0.25) is 0 Å². The van der Waals surface area contributed by atoms with Crippen LogP contribution in [0, 0.1) is 0 Å². The quantitative estimate of drug-likeness (QED) is 0.614. The largest absolute Gasteiger partial charge is 0.479 e. The van der Waals surface area contributed by atoms with E-state index in [1.165, 1.54) is 6.08 Å². The lowest BCUT2D eigenvalue weighted by Crippen LogP contribution is -2.31. The second-order valence-electron chi connectivity index (χ2n) is 3.13. The van der Waals surface area contributed by atoms with Gasteiger partial charge in [-0.3, -0.25) is 0 Å². The molecule has 4 heteroatoms. The molecule has 1 unspecified atom stereocenters. The number of nitrogens with one attached hydrogen (secondary N) is 1. The Morgan fingerprint density at radius 2 is 2.14 bits per heavy atom. The lowest BCUT2D eigenvalue weighted by atomic mass is 10.0. The molecule has 0 spiro atoms. The van der Waals surface area contributed by atoms with Gasteiger partial charge in [0.15, 0.2) is 0 Å². The maximum Gasteiger partial charge on any atom is 0.330 e. The van der Waals surface area contributed by atoms with Crippen molar-refractivity contribution in [1.82, 2.24) is 0 Å². The zero-order chi connectivity index (χ0) is 10.1. The van der Waals surface area contributed by atoms with Gasteiger partial charge in [0.25, 0.3) is 0 Å². The van der Waals surface area contributed by atoms with Crippen molar-refractivity contribution in [3.63, 3.8) is 0 Å². The summed E-state index contributed by atoms with van der Waals surface area (Å²) in [6.07, 6.45) is 1.50. The summed E-state index contributed by atoms with van der Waals surface area (Å²) < 4.78 is 0. The normalized spacial score (nSPS) is 19.1. The number of hydrogen-bond donors (Lipinski definition) is 3. The molecule has 0 amide bonds. The predicted molar refractivity (Wildman–Crippen MR) is 53.7 cm³/mol. The van der Waals surface area contributed by atoms with Crippen molar-refractivity contribution >= 4 is 17.4 Å². The molecule has 14 heavy (non-hydrogen) atoms. The molecule has 2 rings (SSSR count). The number of aliphatic carboxylic acids is 1. The minimum atomic E-state index is -0.928. The van der Waals surface area contributed by atoms with E-state index in [1.54, 1.807) is 0 Å². The smallest absolute Gasteiger partial charge is 0.330 e. The highest BCUT2D eigenvalue weighted by Gasteiger charge is 2.21. The maximum atomic E-state index is 10.7. The molecule has 0 bridgehead atoms. The number of para-hydroxylation sites is 1. The Balaban J connectivity index is 2.44. The van der Waals surface area contributed by atoms with E-state index in [4.69, 9.17) is 10.8 Å². The Hall–Kier alpha value is -1.97. The highest BCUT2D eigenvalue weighted by atomic mass is 16.4. The van der Waals surface area contributed by atoms with Crippen LogP contribution in [0.1, 0.15) is 5.56 Å². The number of carbonyl (C=O) groups is 1. The monoisotopic (exact) mass is 190 g/mol. The minimum absolute atomic E-state index is 0.506. The van der Waals surface area contributed by atoms with Gasteiger partial charge in [0, 0.05) is 16.9 Å². The van der Waals surface area contributed by atoms with Crippen LogP contribution in [-0.2, 0) is 4.79 Å². The third-order valence-corrected chi connectivity index (χ3v) is 2.16. The number of hydrogen-bond acceptors (Lipinski definition) is 3. The lowest BCUT2D eigenvalue weighted by Gasteiger charge is -2.21. The van der Waals surface area contributed by atoms with Crippen LogP contribution in [0.4, 0.5) is 5.69 Å². The summed E-state index contributed by atoms with van der Waals surface area (Å²) in [7, 11) is 0. The van der Waals surface area contributed by atoms with Crippen molar-refractivity contribution in [3.05, 3.63) is 35.9 Å². The molecule has 1 aliphatic heterocycles. The van der Waals surface area contributed by atoms with Crippen molar-refractivity contribution in [1.29, 1.82) is 0 Å². The number of fused-ring (bicyclic) bond motifs is 1. The number of nitrogens with two attached hydrogens (primary N) is 1. The molecule has 1 aliphatic rings. The number of carboxylic acid groups (broad SMARTS) is 1. The molecule has 0 saturated heterocycles. The molecule has 4 nitrogen and oxygen atoms in total. The summed E-state index contributed by atoms with van der Waals surface area (Å²) in [5.74, 6) is -0.928. The summed E-state index contributed by atoms with van der Waals surface area (Å²) in [5, 5.41) is 11.7. The molecule has 1 heterocycles. The topological polar surface area (TPSA) is 75.4 Å². The summed E-state index contributed by atoms with van der Waals surface area (Å²) in [6.45, 7) is 0. The molecule has 0 saturated carbocycles. The van der Waals surface area contributed by atoms with E-state index in [0.29, 0.717) is 5.70 Å². The highest BCUT2D eigenvalue weighted by molar-refractivity contribution is 5.88. The van der Waals surface area contributed by atoms with Crippen molar-refractivity contribution in [2.24, 2.45) is 5.73 Å². The highest BCUT2D eigenvalue weighted by Crippen LogP contribution is 2.25. The number of anilines is 1. The standard InChI is InChI=1S/C10H10N2O2/c11-7-5-9(10(13)14)12-8-4-2-1-3-6(7)8/h1-5,9,12H,11H2,(H,13,14). The Kier molecular flexibility index (Phi) is 1.89. The van der Waals surface area contributed by atoms with Crippen LogP contribution in [0.3, 0.4) is 0 Å². The van der Waals surface area contributed by atoms with E-state index in [1.807, 2.05) is 24.3 Å². The van der Waals surface area contributed by atoms with E-state index >= 15 is 0 Å². The summed E-state index contributed by atoms with van der Waals surface area (Å²) in [4.78, 5) is 10.7. The molecule has 72 valence electrons. The van der Waals surface area contributed by atoms with Crippen molar-refractivity contribution < 1.29 is 9.90 Å². The van der Waals surface area contributed by atoms with Crippen molar-refractivity contribution in [2.75, 3.05) is 5.32 Å². The lowest BCUT2D eigenvalue weighted by molar-refractivity contribution is -0.136. The van der Waals surface area contributed by atoms with Gasteiger partial charge in [-0.2, -0.15) is 0 Å². The number of benzene rings is 1. The van der Waals surface area contributed by atoms with E-state index in [0.717, 1.165) is 11.3 Å². The van der Waals surface area contributed by atoms with Gasteiger partial charge in [-0.15, -0.1) is 0 Å². The Bertz CT molecular complexity index is 412. The van der Waals surface area contributed by atoms with E-state index in [-0.39, 0.29) is 0 Å². The van der Waals surface area contributed by atoms with Gasteiger partial charge in [-0.1, -0.05) is 18.2 Å². The van der Waals surface area contributed by atoms with Crippen LogP contribution in [0.2, 0.25) is 0 Å². The average Bonchev–Trinajstić information content (AvgIpc) is 2.17. The maximum absolute atomic E-state index is 10.7. The van der Waals surface area contributed by atoms with Crippen LogP contribution < -0.4 is 11.1 Å². The molecule has 4 N–H and O–H groups in total. The molecule has 0 aromatic heterocycles. The molecule has 0 aliphatic carbocycles. The molecule has 1 aromatic rings.